The number of ether oxygens (including phenoxy) is 2. The van der Waals surface area contributed by atoms with Crippen LogP contribution in [0.15, 0.2) is 0 Å². The van der Waals surface area contributed by atoms with Gasteiger partial charge in [-0.2, -0.15) is 0 Å². The minimum absolute atomic E-state index is 0.0736. The summed E-state index contributed by atoms with van der Waals surface area (Å²) in [5.41, 5.74) is 0.126. The second-order valence-electron chi connectivity index (χ2n) is 7.80. The molecule has 6 nitrogen and oxygen atoms in total. The van der Waals surface area contributed by atoms with E-state index in [1.54, 1.807) is 0 Å². The number of urea groups is 1. The van der Waals surface area contributed by atoms with Crippen molar-refractivity contribution in [2.24, 2.45) is 5.92 Å². The molecule has 138 valence electrons. The predicted molar refractivity (Wildman–Crippen MR) is 92.9 cm³/mol. The summed E-state index contributed by atoms with van der Waals surface area (Å²) in [7, 11) is 4.28. The molecule has 6 heteroatoms. The normalized spacial score (nSPS) is 28.3. The Bertz CT molecular complexity index is 418. The van der Waals surface area contributed by atoms with Crippen LogP contribution in [-0.2, 0) is 9.47 Å². The van der Waals surface area contributed by atoms with E-state index in [0.717, 1.165) is 32.5 Å². The predicted octanol–water partition coefficient (Wildman–Crippen LogP) is 2.05. The van der Waals surface area contributed by atoms with Crippen LogP contribution in [0, 0.1) is 5.92 Å². The third-order valence-electron chi connectivity index (χ3n) is 6.08. The molecule has 3 fully saturated rings. The minimum atomic E-state index is -0.118. The highest BCUT2D eigenvalue weighted by Gasteiger charge is 2.36. The van der Waals surface area contributed by atoms with Gasteiger partial charge in [-0.25, -0.2) is 4.79 Å². The lowest BCUT2D eigenvalue weighted by atomic mass is 9.80. The molecule has 0 aromatic rings. The first-order chi connectivity index (χ1) is 11.6. The summed E-state index contributed by atoms with van der Waals surface area (Å²) in [5.74, 6) is 0.310. The highest BCUT2D eigenvalue weighted by Crippen LogP contribution is 2.32. The van der Waals surface area contributed by atoms with Crippen LogP contribution in [0.5, 0.6) is 0 Å². The Morgan fingerprint density at radius 1 is 1.17 bits per heavy atom. The first kappa shape index (κ1) is 18.0. The van der Waals surface area contributed by atoms with Crippen molar-refractivity contribution in [1.29, 1.82) is 0 Å². The zero-order valence-corrected chi connectivity index (χ0v) is 15.3. The molecule has 24 heavy (non-hydrogen) atoms. The Morgan fingerprint density at radius 2 is 1.88 bits per heavy atom. The number of nitrogens with zero attached hydrogens (tertiary/aromatic N) is 2. The summed E-state index contributed by atoms with van der Waals surface area (Å²) in [6, 6.07) is 0.0736. The van der Waals surface area contributed by atoms with Crippen molar-refractivity contribution >= 4 is 6.03 Å². The van der Waals surface area contributed by atoms with Crippen LogP contribution >= 0.6 is 0 Å². The summed E-state index contributed by atoms with van der Waals surface area (Å²) < 4.78 is 11.3. The lowest BCUT2D eigenvalue weighted by Gasteiger charge is -2.43. The smallest absolute Gasteiger partial charge is 0.317 e. The number of rotatable bonds is 4. The van der Waals surface area contributed by atoms with Gasteiger partial charge in [-0.3, -0.25) is 0 Å². The molecule has 0 spiro atoms. The number of likely N-dealkylation sites (N-methyl/N-ethyl adjacent to an activating group) is 1. The fourth-order valence-electron chi connectivity index (χ4n) is 4.41. The maximum Gasteiger partial charge on any atom is 0.317 e. The molecule has 1 N–H and O–H groups in total. The molecule has 1 aliphatic carbocycles. The first-order valence-corrected chi connectivity index (χ1v) is 9.54. The molecule has 0 aromatic heterocycles. The van der Waals surface area contributed by atoms with Crippen molar-refractivity contribution in [3.05, 3.63) is 0 Å². The molecule has 0 unspecified atom stereocenters. The van der Waals surface area contributed by atoms with Crippen molar-refractivity contribution in [3.63, 3.8) is 0 Å². The lowest BCUT2D eigenvalue weighted by molar-refractivity contribution is -0.0963. The van der Waals surface area contributed by atoms with E-state index in [1.165, 1.54) is 32.1 Å². The molecule has 3 aliphatic rings. The molecular formula is C18H33N3O3. The molecule has 0 aromatic carbocycles. The van der Waals surface area contributed by atoms with Gasteiger partial charge in [0.25, 0.3) is 0 Å². The van der Waals surface area contributed by atoms with Gasteiger partial charge in [0.1, 0.15) is 0 Å². The maximum absolute atomic E-state index is 12.7. The Balaban J connectivity index is 1.52. The van der Waals surface area contributed by atoms with E-state index in [0.29, 0.717) is 19.1 Å². The van der Waals surface area contributed by atoms with Crippen LogP contribution in [0.25, 0.3) is 0 Å². The van der Waals surface area contributed by atoms with E-state index in [-0.39, 0.29) is 17.9 Å². The van der Waals surface area contributed by atoms with E-state index in [1.807, 2.05) is 4.90 Å². The molecule has 2 saturated heterocycles. The van der Waals surface area contributed by atoms with Crippen LogP contribution in [0.4, 0.5) is 4.79 Å². The van der Waals surface area contributed by atoms with Gasteiger partial charge in [-0.1, -0.05) is 19.3 Å². The fourth-order valence-corrected chi connectivity index (χ4v) is 4.41. The Labute approximate surface area is 145 Å². The summed E-state index contributed by atoms with van der Waals surface area (Å²) in [6.45, 7) is 3.68. The number of carbonyl (C=O) groups excluding carboxylic acids is 1. The zero-order chi connectivity index (χ0) is 17.0. The molecule has 0 radical (unpaired) electrons. The second kappa shape index (κ2) is 8.02. The molecule has 2 amide bonds. The van der Waals surface area contributed by atoms with Gasteiger partial charge in [-0.15, -0.1) is 0 Å². The minimum Gasteiger partial charge on any atom is -0.350 e. The third kappa shape index (κ3) is 4.03. The number of piperidine rings is 1. The molecule has 0 bridgehead atoms. The van der Waals surface area contributed by atoms with Crippen LogP contribution in [0.1, 0.15) is 44.9 Å². The SMILES string of the molecule is CN(C)C1(CNC(=O)N2CCC[C@@H](C3OCCO3)C2)CCCCC1. The van der Waals surface area contributed by atoms with Crippen molar-refractivity contribution in [2.45, 2.75) is 56.8 Å². The Morgan fingerprint density at radius 3 is 2.54 bits per heavy atom. The van der Waals surface area contributed by atoms with Crippen molar-refractivity contribution in [3.8, 4) is 0 Å². The standard InChI is InChI=1S/C18H33N3O3/c1-20(2)18(8-4-3-5-9-18)14-19-17(22)21-10-6-7-15(13-21)16-23-11-12-24-16/h15-16H,3-14H2,1-2H3,(H,19,22)/t15-/m1/s1. The van der Waals surface area contributed by atoms with E-state index in [2.05, 4.69) is 24.3 Å². The summed E-state index contributed by atoms with van der Waals surface area (Å²) >= 11 is 0. The highest BCUT2D eigenvalue weighted by atomic mass is 16.7. The van der Waals surface area contributed by atoms with E-state index >= 15 is 0 Å². The van der Waals surface area contributed by atoms with Gasteiger partial charge >= 0.3 is 6.03 Å². The van der Waals surface area contributed by atoms with Crippen LogP contribution in [-0.4, -0.2) is 74.6 Å². The van der Waals surface area contributed by atoms with Crippen LogP contribution in [0.2, 0.25) is 0 Å². The fraction of sp³-hybridized carbons (Fsp3) is 0.944. The Hall–Kier alpha value is -0.850. The molecule has 2 heterocycles. The van der Waals surface area contributed by atoms with E-state index in [4.69, 9.17) is 9.47 Å². The average molecular weight is 339 g/mol. The van der Waals surface area contributed by atoms with Gasteiger partial charge in [-0.05, 0) is 39.8 Å². The van der Waals surface area contributed by atoms with E-state index < -0.39 is 0 Å². The van der Waals surface area contributed by atoms with Gasteiger partial charge in [0, 0.05) is 31.1 Å². The lowest BCUT2D eigenvalue weighted by Crippen LogP contribution is -2.56. The number of carbonyl (C=O) groups is 1. The van der Waals surface area contributed by atoms with Gasteiger partial charge in [0.15, 0.2) is 6.29 Å². The topological polar surface area (TPSA) is 54.0 Å². The molecule has 1 saturated carbocycles. The number of hydrogen-bond acceptors (Lipinski definition) is 4. The summed E-state index contributed by atoms with van der Waals surface area (Å²) in [6.07, 6.45) is 8.17. The van der Waals surface area contributed by atoms with E-state index in [9.17, 15) is 4.79 Å². The molecule has 3 rings (SSSR count). The number of likely N-dealkylation sites (tertiary alicyclic amines) is 1. The average Bonchev–Trinajstić information content (AvgIpc) is 3.15. The Kier molecular flexibility index (Phi) is 6.00. The van der Waals surface area contributed by atoms with Crippen LogP contribution < -0.4 is 5.32 Å². The largest absolute Gasteiger partial charge is 0.350 e. The zero-order valence-electron chi connectivity index (χ0n) is 15.3. The van der Waals surface area contributed by atoms with Crippen LogP contribution in [0.3, 0.4) is 0 Å². The maximum atomic E-state index is 12.7. The molecule has 2 aliphatic heterocycles. The monoisotopic (exact) mass is 339 g/mol. The number of hydrogen-bond donors (Lipinski definition) is 1. The van der Waals surface area contributed by atoms with Crippen molar-refractivity contribution in [1.82, 2.24) is 15.1 Å². The number of amides is 2. The summed E-state index contributed by atoms with van der Waals surface area (Å²) in [5, 5.41) is 3.22. The van der Waals surface area contributed by atoms with Gasteiger partial charge < -0.3 is 24.6 Å². The highest BCUT2D eigenvalue weighted by molar-refractivity contribution is 5.74. The first-order valence-electron chi connectivity index (χ1n) is 9.54. The second-order valence-corrected chi connectivity index (χ2v) is 7.80. The third-order valence-corrected chi connectivity index (χ3v) is 6.08. The van der Waals surface area contributed by atoms with Gasteiger partial charge in [0.05, 0.1) is 13.2 Å². The number of nitrogens with one attached hydrogen (secondary N) is 1. The van der Waals surface area contributed by atoms with Crippen molar-refractivity contribution in [2.75, 3.05) is 46.9 Å². The molecule has 1 atom stereocenters. The quantitative estimate of drug-likeness (QED) is 0.852. The van der Waals surface area contributed by atoms with Gasteiger partial charge in [0.2, 0.25) is 0 Å². The molecular weight excluding hydrogens is 306 g/mol. The van der Waals surface area contributed by atoms with Crippen molar-refractivity contribution < 1.29 is 14.3 Å². The summed E-state index contributed by atoms with van der Waals surface area (Å²) in [4.78, 5) is 16.9.